The molecule has 1 saturated heterocycles. The summed E-state index contributed by atoms with van der Waals surface area (Å²) >= 11 is 0. The molecule has 1 amide bonds. The van der Waals surface area contributed by atoms with Crippen LogP contribution in [0.4, 0.5) is 0 Å². The first-order chi connectivity index (χ1) is 9.38. The molecule has 1 unspecified atom stereocenters. The van der Waals surface area contributed by atoms with Crippen molar-refractivity contribution in [1.29, 1.82) is 0 Å². The summed E-state index contributed by atoms with van der Waals surface area (Å²) in [6.45, 7) is 0.573. The van der Waals surface area contributed by atoms with E-state index in [1.165, 1.54) is 4.31 Å². The Morgan fingerprint density at radius 3 is 2.55 bits per heavy atom. The van der Waals surface area contributed by atoms with Crippen LogP contribution in [0.5, 0.6) is 0 Å². The number of aliphatic carboxylic acids is 1. The zero-order valence-corrected chi connectivity index (χ0v) is 12.1. The van der Waals surface area contributed by atoms with Gasteiger partial charge < -0.3 is 10.4 Å². The molecule has 8 heteroatoms. The lowest BCUT2D eigenvalue weighted by atomic mass is 10.1. The van der Waals surface area contributed by atoms with E-state index in [2.05, 4.69) is 5.32 Å². The van der Waals surface area contributed by atoms with Gasteiger partial charge in [0.1, 0.15) is 6.04 Å². The summed E-state index contributed by atoms with van der Waals surface area (Å²) in [6, 6.07) is -0.856. The standard InChI is InChI=1S/C12H20N2O5S/c15-11(4-6-14-5-1-7-20(14,18)19)13-10(12(16)17)8-9-2-3-9/h9-10H,1-8H2,(H,13,15)(H,16,17). The third-order valence-electron chi connectivity index (χ3n) is 3.69. The summed E-state index contributed by atoms with van der Waals surface area (Å²) in [5.74, 6) is -0.900. The quantitative estimate of drug-likeness (QED) is 0.677. The molecule has 114 valence electrons. The number of sulfonamides is 1. The number of nitrogens with one attached hydrogen (secondary N) is 1. The van der Waals surface area contributed by atoms with Crippen molar-refractivity contribution in [2.45, 2.75) is 38.1 Å². The van der Waals surface area contributed by atoms with E-state index in [4.69, 9.17) is 5.11 Å². The van der Waals surface area contributed by atoms with Crippen LogP contribution in [0.3, 0.4) is 0 Å². The summed E-state index contributed by atoms with van der Waals surface area (Å²) < 4.78 is 24.4. The van der Waals surface area contributed by atoms with Gasteiger partial charge in [-0.25, -0.2) is 17.5 Å². The number of rotatable bonds is 7. The maximum absolute atomic E-state index is 11.7. The molecule has 2 rings (SSSR count). The van der Waals surface area contributed by atoms with Crippen LogP contribution in [0.1, 0.15) is 32.1 Å². The van der Waals surface area contributed by atoms with Crippen LogP contribution < -0.4 is 5.32 Å². The summed E-state index contributed by atoms with van der Waals surface area (Å²) in [4.78, 5) is 22.8. The van der Waals surface area contributed by atoms with E-state index in [-0.39, 0.29) is 18.7 Å². The molecule has 0 spiro atoms. The highest BCUT2D eigenvalue weighted by Crippen LogP contribution is 2.33. The average molecular weight is 304 g/mol. The van der Waals surface area contributed by atoms with Crippen LogP contribution in [-0.2, 0) is 19.6 Å². The summed E-state index contributed by atoms with van der Waals surface area (Å²) in [5, 5.41) is 11.5. The molecule has 2 aliphatic rings. The monoisotopic (exact) mass is 304 g/mol. The SMILES string of the molecule is O=C(CCN1CCCS1(=O)=O)NC(CC1CC1)C(=O)O. The first-order valence-electron chi connectivity index (χ1n) is 6.88. The van der Waals surface area contributed by atoms with Gasteiger partial charge in [0.25, 0.3) is 0 Å². The van der Waals surface area contributed by atoms with Crippen molar-refractivity contribution >= 4 is 21.9 Å². The van der Waals surface area contributed by atoms with Gasteiger partial charge in [-0.05, 0) is 18.8 Å². The van der Waals surface area contributed by atoms with E-state index in [0.717, 1.165) is 12.8 Å². The Morgan fingerprint density at radius 2 is 2.05 bits per heavy atom. The smallest absolute Gasteiger partial charge is 0.326 e. The first kappa shape index (κ1) is 15.2. The molecule has 1 aliphatic heterocycles. The molecular weight excluding hydrogens is 284 g/mol. The maximum Gasteiger partial charge on any atom is 0.326 e. The topological polar surface area (TPSA) is 104 Å². The number of carboxylic acid groups (broad SMARTS) is 1. The van der Waals surface area contributed by atoms with Gasteiger partial charge in [-0.15, -0.1) is 0 Å². The van der Waals surface area contributed by atoms with Gasteiger partial charge in [0, 0.05) is 19.5 Å². The average Bonchev–Trinajstić information content (AvgIpc) is 3.09. The van der Waals surface area contributed by atoms with Crippen molar-refractivity contribution in [2.75, 3.05) is 18.8 Å². The van der Waals surface area contributed by atoms with Gasteiger partial charge in [0.15, 0.2) is 0 Å². The van der Waals surface area contributed by atoms with E-state index in [1.807, 2.05) is 0 Å². The van der Waals surface area contributed by atoms with E-state index >= 15 is 0 Å². The second kappa shape index (κ2) is 6.09. The third-order valence-corrected chi connectivity index (χ3v) is 5.65. The zero-order valence-electron chi connectivity index (χ0n) is 11.2. The van der Waals surface area contributed by atoms with Crippen molar-refractivity contribution in [1.82, 2.24) is 9.62 Å². The van der Waals surface area contributed by atoms with Crippen molar-refractivity contribution in [3.63, 3.8) is 0 Å². The van der Waals surface area contributed by atoms with E-state index in [1.54, 1.807) is 0 Å². The Morgan fingerprint density at radius 1 is 1.35 bits per heavy atom. The molecule has 1 saturated carbocycles. The maximum atomic E-state index is 11.7. The fourth-order valence-corrected chi connectivity index (χ4v) is 3.87. The van der Waals surface area contributed by atoms with Gasteiger partial charge in [-0.3, -0.25) is 4.79 Å². The van der Waals surface area contributed by atoms with Crippen LogP contribution in [0.2, 0.25) is 0 Å². The molecule has 2 N–H and O–H groups in total. The Hall–Kier alpha value is -1.15. The Kier molecular flexibility index (Phi) is 4.64. The molecule has 0 aromatic carbocycles. The third kappa shape index (κ3) is 4.17. The second-order valence-electron chi connectivity index (χ2n) is 5.46. The molecule has 0 aromatic rings. The van der Waals surface area contributed by atoms with Crippen LogP contribution in [0.25, 0.3) is 0 Å². The Bertz CT molecular complexity index is 486. The molecule has 0 bridgehead atoms. The molecule has 1 atom stereocenters. The number of nitrogens with zero attached hydrogens (tertiary/aromatic N) is 1. The van der Waals surface area contributed by atoms with E-state index in [9.17, 15) is 18.0 Å². The number of carbonyl (C=O) groups excluding carboxylic acids is 1. The van der Waals surface area contributed by atoms with Gasteiger partial charge in [-0.2, -0.15) is 0 Å². The molecule has 1 aliphatic carbocycles. The van der Waals surface area contributed by atoms with Crippen LogP contribution in [0.15, 0.2) is 0 Å². The number of carbonyl (C=O) groups is 2. The minimum Gasteiger partial charge on any atom is -0.480 e. The highest BCUT2D eigenvalue weighted by Gasteiger charge is 2.31. The van der Waals surface area contributed by atoms with E-state index in [0.29, 0.717) is 25.3 Å². The second-order valence-corrected chi connectivity index (χ2v) is 7.54. The highest BCUT2D eigenvalue weighted by atomic mass is 32.2. The van der Waals surface area contributed by atoms with Crippen LogP contribution in [-0.4, -0.2) is 54.6 Å². The molecule has 7 nitrogen and oxygen atoms in total. The van der Waals surface area contributed by atoms with Crippen LogP contribution in [0, 0.1) is 5.92 Å². The lowest BCUT2D eigenvalue weighted by Crippen LogP contribution is -2.42. The highest BCUT2D eigenvalue weighted by molar-refractivity contribution is 7.89. The van der Waals surface area contributed by atoms with Crippen molar-refractivity contribution in [2.24, 2.45) is 5.92 Å². The van der Waals surface area contributed by atoms with Crippen molar-refractivity contribution < 1.29 is 23.1 Å². The van der Waals surface area contributed by atoms with Crippen LogP contribution >= 0.6 is 0 Å². The van der Waals surface area contributed by atoms with Gasteiger partial charge in [-0.1, -0.05) is 12.8 Å². The lowest BCUT2D eigenvalue weighted by molar-refractivity contribution is -0.142. The summed E-state index contributed by atoms with van der Waals surface area (Å²) in [6.07, 6.45) is 3.09. The molecule has 20 heavy (non-hydrogen) atoms. The van der Waals surface area contributed by atoms with Gasteiger partial charge in [0.05, 0.1) is 5.75 Å². The van der Waals surface area contributed by atoms with Gasteiger partial charge >= 0.3 is 5.97 Å². The first-order valence-corrected chi connectivity index (χ1v) is 8.49. The minimum absolute atomic E-state index is 0.00762. The Labute approximate surface area is 118 Å². The Balaban J connectivity index is 1.77. The predicted octanol–water partition coefficient (Wildman–Crippen LogP) is -0.218. The molecular formula is C12H20N2O5S. The number of amides is 1. The summed E-state index contributed by atoms with van der Waals surface area (Å²) in [5.41, 5.74) is 0. The van der Waals surface area contributed by atoms with Crippen molar-refractivity contribution in [3.8, 4) is 0 Å². The fraction of sp³-hybridized carbons (Fsp3) is 0.833. The van der Waals surface area contributed by atoms with Gasteiger partial charge in [0.2, 0.25) is 15.9 Å². The number of hydrogen-bond acceptors (Lipinski definition) is 4. The van der Waals surface area contributed by atoms with Crippen molar-refractivity contribution in [3.05, 3.63) is 0 Å². The normalized spacial score (nSPS) is 23.4. The minimum atomic E-state index is -3.20. The lowest BCUT2D eigenvalue weighted by Gasteiger charge is -2.16. The molecule has 0 aromatic heterocycles. The largest absolute Gasteiger partial charge is 0.480 e. The fourth-order valence-electron chi connectivity index (χ4n) is 2.34. The zero-order chi connectivity index (χ0) is 14.8. The summed E-state index contributed by atoms with van der Waals surface area (Å²) in [7, 11) is -3.20. The predicted molar refractivity (Wildman–Crippen MR) is 71.5 cm³/mol. The molecule has 0 radical (unpaired) electrons. The molecule has 2 fully saturated rings. The molecule has 1 heterocycles. The van der Waals surface area contributed by atoms with E-state index < -0.39 is 27.9 Å². The number of hydrogen-bond donors (Lipinski definition) is 2. The number of carboxylic acids is 1.